The van der Waals surface area contributed by atoms with Crippen LogP contribution in [0.25, 0.3) is 10.8 Å². The van der Waals surface area contributed by atoms with Crippen LogP contribution < -0.4 is 14.8 Å². The minimum Gasteiger partial charge on any atom is -0.490 e. The number of amidine groups is 2. The lowest BCUT2D eigenvalue weighted by Crippen LogP contribution is -2.54. The fourth-order valence-corrected chi connectivity index (χ4v) is 8.32. The van der Waals surface area contributed by atoms with E-state index in [2.05, 4.69) is 0 Å². The molecule has 2 fully saturated rings. The molecule has 2 aliphatic rings. The number of fused-ring (bicyclic) bond motifs is 1. The molecule has 5 N–H and O–H groups in total. The molecule has 1 saturated heterocycles. The van der Waals surface area contributed by atoms with Crippen LogP contribution in [0, 0.1) is 10.8 Å². The molecule has 1 heterocycles. The Labute approximate surface area is 252 Å². The number of nitrogen functional groups attached to an aromatic ring is 1. The molecular weight excluding hydrogens is 566 g/mol. The third-order valence-corrected chi connectivity index (χ3v) is 11.2. The first-order chi connectivity index (χ1) is 20.5. The van der Waals surface area contributed by atoms with Gasteiger partial charge in [0.05, 0.1) is 18.1 Å². The quantitative estimate of drug-likeness (QED) is 0.195. The first-order valence-electron chi connectivity index (χ1n) is 14.7. The summed E-state index contributed by atoms with van der Waals surface area (Å²) in [6.45, 7) is 3.23. The Hall–Kier alpha value is -4.12. The number of hydrogen-bond acceptors (Lipinski definition) is 6. The maximum Gasteiger partial charge on any atom is 0.327 e. The summed E-state index contributed by atoms with van der Waals surface area (Å²) in [4.78, 5) is 14.7. The molecular formula is C32H39N5O5S. The Morgan fingerprint density at radius 3 is 2.26 bits per heavy atom. The Bertz CT molecular complexity index is 1630. The highest BCUT2D eigenvalue weighted by Gasteiger charge is 2.54. The molecule has 0 spiro atoms. The first kappa shape index (κ1) is 30.3. The van der Waals surface area contributed by atoms with Crippen LogP contribution in [0.1, 0.15) is 63.0 Å². The number of ether oxygens (including phenoxy) is 1. The van der Waals surface area contributed by atoms with E-state index in [1.54, 1.807) is 43.3 Å². The van der Waals surface area contributed by atoms with Gasteiger partial charge >= 0.3 is 5.97 Å². The van der Waals surface area contributed by atoms with Crippen molar-refractivity contribution in [3.05, 3.63) is 71.8 Å². The predicted octanol–water partition coefficient (Wildman–Crippen LogP) is 5.09. The van der Waals surface area contributed by atoms with E-state index in [4.69, 9.17) is 21.3 Å². The maximum absolute atomic E-state index is 14.4. The molecule has 1 aliphatic heterocycles. The number of nitrogens with one attached hydrogen (secondary N) is 2. The summed E-state index contributed by atoms with van der Waals surface area (Å²) in [7, 11) is -4.35. The highest BCUT2D eigenvalue weighted by molar-refractivity contribution is 7.94. The Morgan fingerprint density at radius 2 is 1.65 bits per heavy atom. The van der Waals surface area contributed by atoms with Crippen molar-refractivity contribution < 1.29 is 23.1 Å². The zero-order chi connectivity index (χ0) is 30.8. The zero-order valence-corrected chi connectivity index (χ0v) is 25.2. The third-order valence-electron chi connectivity index (χ3n) is 8.72. The van der Waals surface area contributed by atoms with E-state index >= 15 is 0 Å². The van der Waals surface area contributed by atoms with Gasteiger partial charge in [0.2, 0.25) is 0 Å². The van der Waals surface area contributed by atoms with Crippen LogP contribution in [0.15, 0.2) is 60.7 Å². The van der Waals surface area contributed by atoms with E-state index in [0.717, 1.165) is 43.1 Å². The van der Waals surface area contributed by atoms with Crippen molar-refractivity contribution in [2.45, 2.75) is 69.3 Å². The fourth-order valence-electron chi connectivity index (χ4n) is 6.15. The van der Waals surface area contributed by atoms with Gasteiger partial charge < -0.3 is 20.5 Å². The number of carboxylic acid groups (broad SMARTS) is 1. The van der Waals surface area contributed by atoms with Gasteiger partial charge in [-0.15, -0.1) is 0 Å². The fraction of sp³-hybridized carbons (Fsp3) is 0.406. The van der Waals surface area contributed by atoms with Gasteiger partial charge in [0.25, 0.3) is 10.0 Å². The van der Waals surface area contributed by atoms with Gasteiger partial charge in [-0.3, -0.25) is 19.9 Å². The second-order valence-corrected chi connectivity index (χ2v) is 13.7. The van der Waals surface area contributed by atoms with Crippen molar-refractivity contribution in [2.75, 3.05) is 17.4 Å². The minimum absolute atomic E-state index is 0.00343. The maximum atomic E-state index is 14.4. The average molecular weight is 606 g/mol. The first-order valence-corrected chi connectivity index (χ1v) is 16.1. The number of carboxylic acids is 1. The number of carbonyl (C=O) groups is 1. The number of hydrogen-bond donors (Lipinski definition) is 4. The summed E-state index contributed by atoms with van der Waals surface area (Å²) in [5.41, 5.74) is 7.30. The number of benzene rings is 3. The smallest absolute Gasteiger partial charge is 0.327 e. The zero-order valence-electron chi connectivity index (χ0n) is 24.4. The third kappa shape index (κ3) is 6.17. The van der Waals surface area contributed by atoms with Crippen LogP contribution in [0.4, 0.5) is 5.69 Å². The molecule has 0 radical (unpaired) electrons. The number of piperidine rings is 1. The summed E-state index contributed by atoms with van der Waals surface area (Å²) in [6, 6.07) is 17.8. The van der Waals surface area contributed by atoms with Crippen LogP contribution in [0.3, 0.4) is 0 Å². The molecule has 5 rings (SSSR count). The van der Waals surface area contributed by atoms with Gasteiger partial charge in [-0.1, -0.05) is 43.5 Å². The van der Waals surface area contributed by atoms with Gasteiger partial charge in [0.1, 0.15) is 17.7 Å². The summed E-state index contributed by atoms with van der Waals surface area (Å²) in [5, 5.41) is 27.7. The van der Waals surface area contributed by atoms with Gasteiger partial charge in [0.15, 0.2) is 4.75 Å². The number of rotatable bonds is 9. The second-order valence-electron chi connectivity index (χ2n) is 11.6. The number of sulfonamides is 1. The van der Waals surface area contributed by atoms with Crippen molar-refractivity contribution in [1.82, 2.24) is 4.90 Å². The van der Waals surface area contributed by atoms with E-state index in [0.29, 0.717) is 41.2 Å². The summed E-state index contributed by atoms with van der Waals surface area (Å²) < 4.78 is 34.3. The van der Waals surface area contributed by atoms with Gasteiger partial charge in [-0.2, -0.15) is 0 Å². The SMILES string of the molecule is CC(=N)N1CCC(Oc2ccc(N(Cc3ccc4ccc(C(=N)N)cc4c3)S(=O)(=O)C3(C(=O)O)CCCCC3)cc2)CC1. The highest BCUT2D eigenvalue weighted by Crippen LogP contribution is 2.40. The molecule has 228 valence electrons. The largest absolute Gasteiger partial charge is 0.490 e. The van der Waals surface area contributed by atoms with Gasteiger partial charge in [0, 0.05) is 31.5 Å². The monoisotopic (exact) mass is 605 g/mol. The average Bonchev–Trinajstić information content (AvgIpc) is 3.00. The number of nitrogens with two attached hydrogens (primary N) is 1. The van der Waals surface area contributed by atoms with Crippen LogP contribution in [-0.2, 0) is 21.4 Å². The Morgan fingerprint density at radius 1 is 1.00 bits per heavy atom. The van der Waals surface area contributed by atoms with Gasteiger partial charge in [-0.05, 0) is 72.5 Å². The predicted molar refractivity (Wildman–Crippen MR) is 169 cm³/mol. The van der Waals surface area contributed by atoms with Crippen LogP contribution >= 0.6 is 0 Å². The standard InChI is InChI=1S/C32H39N5O5S/c1-22(33)36-17-13-29(14-18-36)42-28-11-9-27(10-12-28)37(43(40,41)32(31(38)39)15-3-2-4-16-32)21-23-5-6-24-7-8-25(30(34)35)20-26(24)19-23/h5-12,19-20,29,33H,2-4,13-18,21H2,1H3,(H3,34,35)(H,38,39). The highest BCUT2D eigenvalue weighted by atomic mass is 32.2. The molecule has 1 saturated carbocycles. The normalized spacial score (nSPS) is 17.4. The molecule has 1 aliphatic carbocycles. The second kappa shape index (κ2) is 12.2. The molecule has 0 unspecified atom stereocenters. The Kier molecular flexibility index (Phi) is 8.64. The lowest BCUT2D eigenvalue weighted by Gasteiger charge is -2.38. The molecule has 3 aromatic carbocycles. The van der Waals surface area contributed by atoms with E-state index in [1.807, 2.05) is 29.2 Å². The molecule has 0 bridgehead atoms. The van der Waals surface area contributed by atoms with Gasteiger partial charge in [-0.25, -0.2) is 8.42 Å². The van der Waals surface area contributed by atoms with E-state index in [9.17, 15) is 18.3 Å². The van der Waals surface area contributed by atoms with Crippen molar-refractivity contribution in [2.24, 2.45) is 5.73 Å². The number of aliphatic carboxylic acids is 1. The van der Waals surface area contributed by atoms with Crippen molar-refractivity contribution in [3.63, 3.8) is 0 Å². The van der Waals surface area contributed by atoms with E-state index < -0.39 is 20.7 Å². The van der Waals surface area contributed by atoms with Crippen molar-refractivity contribution >= 4 is 44.1 Å². The molecule has 0 aromatic heterocycles. The van der Waals surface area contributed by atoms with E-state index in [-0.39, 0.29) is 31.3 Å². The van der Waals surface area contributed by atoms with Crippen LogP contribution in [0.2, 0.25) is 0 Å². The molecule has 43 heavy (non-hydrogen) atoms. The summed E-state index contributed by atoms with van der Waals surface area (Å²) in [6.07, 6.45) is 3.57. The molecule has 11 heteroatoms. The molecule has 3 aromatic rings. The molecule has 10 nitrogen and oxygen atoms in total. The van der Waals surface area contributed by atoms with Crippen LogP contribution in [-0.4, -0.2) is 60.0 Å². The topological polar surface area (TPSA) is 161 Å². The molecule has 0 atom stereocenters. The number of likely N-dealkylation sites (tertiary alicyclic amines) is 1. The van der Waals surface area contributed by atoms with Crippen LogP contribution in [0.5, 0.6) is 5.75 Å². The number of anilines is 1. The molecule has 0 amide bonds. The lowest BCUT2D eigenvalue weighted by molar-refractivity contribution is -0.141. The van der Waals surface area contributed by atoms with Crippen molar-refractivity contribution in [3.8, 4) is 5.75 Å². The summed E-state index contributed by atoms with van der Waals surface area (Å²) >= 11 is 0. The summed E-state index contributed by atoms with van der Waals surface area (Å²) in [5.74, 6) is -0.214. The van der Waals surface area contributed by atoms with Crippen molar-refractivity contribution in [1.29, 1.82) is 10.8 Å². The Balaban J connectivity index is 1.47. The lowest BCUT2D eigenvalue weighted by atomic mass is 9.88. The van der Waals surface area contributed by atoms with E-state index in [1.165, 1.54) is 4.31 Å². The minimum atomic E-state index is -4.35. The number of nitrogens with zero attached hydrogens (tertiary/aromatic N) is 2.